The quantitative estimate of drug-likeness (QED) is 0.115. The summed E-state index contributed by atoms with van der Waals surface area (Å²) in [5.41, 5.74) is 2.05. The average Bonchev–Trinajstić information content (AvgIpc) is 3.66. The number of carbonyl (C=O) groups is 4. The van der Waals surface area contributed by atoms with Crippen molar-refractivity contribution in [2.75, 3.05) is 13.6 Å². The van der Waals surface area contributed by atoms with E-state index < -0.39 is 42.0 Å². The topological polar surface area (TPSA) is 152 Å². The van der Waals surface area contributed by atoms with Crippen LogP contribution in [-0.2, 0) is 27.3 Å². The van der Waals surface area contributed by atoms with Crippen LogP contribution < -0.4 is 10.6 Å². The Bertz CT molecular complexity index is 1650. The lowest BCUT2D eigenvalue weighted by Gasteiger charge is -2.40. The summed E-state index contributed by atoms with van der Waals surface area (Å²) in [6.45, 7) is 10.8. The minimum Gasteiger partial charge on any atom is -0.481 e. The highest BCUT2D eigenvalue weighted by molar-refractivity contribution is 7.09. The first-order valence-electron chi connectivity index (χ1n) is 19.3. The van der Waals surface area contributed by atoms with E-state index in [1.807, 2.05) is 100 Å². The Hall–Kier alpha value is -4.13. The maximum atomic E-state index is 14.8. The number of rotatable bonds is 19. The first-order valence-corrected chi connectivity index (χ1v) is 20.2. The number of thiazole rings is 1. The molecule has 3 aromatic rings. The molecule has 4 N–H and O–H groups in total. The molecule has 7 atom stereocenters. The van der Waals surface area contributed by atoms with Crippen molar-refractivity contribution in [2.24, 2.45) is 17.8 Å². The number of hydrogen-bond acceptors (Lipinski definition) is 8. The fraction of sp³-hybridized carbons (Fsp3) is 0.548. The van der Waals surface area contributed by atoms with Gasteiger partial charge in [-0.2, -0.15) is 0 Å². The lowest BCUT2D eigenvalue weighted by molar-refractivity contribution is -0.143. The molecule has 1 aromatic heterocycles. The van der Waals surface area contributed by atoms with Gasteiger partial charge in [0.15, 0.2) is 0 Å². The van der Waals surface area contributed by atoms with E-state index in [2.05, 4.69) is 20.5 Å². The molecule has 1 aliphatic heterocycles. The van der Waals surface area contributed by atoms with E-state index >= 15 is 0 Å². The Morgan fingerprint density at radius 1 is 0.944 bits per heavy atom. The van der Waals surface area contributed by atoms with E-state index in [9.17, 15) is 29.4 Å². The minimum absolute atomic E-state index is 0.0669. The molecule has 1 fully saturated rings. The largest absolute Gasteiger partial charge is 0.481 e. The monoisotopic (exact) mass is 761 g/mol. The molecule has 0 bridgehead atoms. The SMILES string of the molecule is CCC(C)C(NC(=O)C1CCCCN1C)C(=O)N(Cc1ccccc1)C(CC(O)c1nc(C(=O)NC(Cc2ccccc2)CC(C)C(=O)O)cs1)C(C)C. The minimum atomic E-state index is -1.07. The Labute approximate surface area is 324 Å². The second-order valence-electron chi connectivity index (χ2n) is 15.3. The van der Waals surface area contributed by atoms with Crippen LogP contribution >= 0.6 is 11.3 Å². The zero-order chi connectivity index (χ0) is 39.4. The van der Waals surface area contributed by atoms with Crippen LogP contribution in [0.4, 0.5) is 0 Å². The van der Waals surface area contributed by atoms with Crippen LogP contribution in [-0.4, -0.2) is 86.4 Å². The summed E-state index contributed by atoms with van der Waals surface area (Å²) in [5.74, 6) is -2.56. The van der Waals surface area contributed by atoms with E-state index in [4.69, 9.17) is 0 Å². The molecule has 3 amide bonds. The van der Waals surface area contributed by atoms with Crippen molar-refractivity contribution in [1.82, 2.24) is 25.4 Å². The lowest BCUT2D eigenvalue weighted by atomic mass is 9.91. The van der Waals surface area contributed by atoms with Crippen LogP contribution in [0.1, 0.15) is 106 Å². The Morgan fingerprint density at radius 3 is 2.19 bits per heavy atom. The maximum Gasteiger partial charge on any atom is 0.306 e. The van der Waals surface area contributed by atoms with Crippen LogP contribution in [0.2, 0.25) is 0 Å². The second-order valence-corrected chi connectivity index (χ2v) is 16.2. The molecule has 294 valence electrons. The van der Waals surface area contributed by atoms with E-state index in [0.29, 0.717) is 24.4 Å². The molecule has 1 aliphatic rings. The van der Waals surface area contributed by atoms with Crippen molar-refractivity contribution in [3.05, 3.63) is 87.9 Å². The third kappa shape index (κ3) is 11.9. The van der Waals surface area contributed by atoms with Gasteiger partial charge in [-0.25, -0.2) is 4.98 Å². The number of aromatic nitrogens is 1. The molecule has 1 saturated heterocycles. The Kier molecular flexibility index (Phi) is 16.2. The number of benzene rings is 2. The van der Waals surface area contributed by atoms with Crippen molar-refractivity contribution in [1.29, 1.82) is 0 Å². The molecule has 0 radical (unpaired) electrons. The number of hydrogen-bond donors (Lipinski definition) is 4. The smallest absolute Gasteiger partial charge is 0.306 e. The van der Waals surface area contributed by atoms with Gasteiger partial charge in [0.2, 0.25) is 11.8 Å². The predicted molar refractivity (Wildman–Crippen MR) is 212 cm³/mol. The summed E-state index contributed by atoms with van der Waals surface area (Å²) in [7, 11) is 1.96. The van der Waals surface area contributed by atoms with Gasteiger partial charge in [-0.05, 0) is 62.2 Å². The molecular formula is C42H59N5O6S. The van der Waals surface area contributed by atoms with Gasteiger partial charge in [-0.1, -0.05) is 108 Å². The van der Waals surface area contributed by atoms with Crippen LogP contribution in [0.5, 0.6) is 0 Å². The highest BCUT2D eigenvalue weighted by Gasteiger charge is 2.38. The molecular weight excluding hydrogens is 703 g/mol. The number of carbonyl (C=O) groups excluding carboxylic acids is 3. The fourth-order valence-corrected chi connectivity index (χ4v) is 7.97. The number of aliphatic carboxylic acids is 1. The molecule has 4 rings (SSSR count). The van der Waals surface area contributed by atoms with Crippen molar-refractivity contribution in [2.45, 2.75) is 116 Å². The van der Waals surface area contributed by atoms with Gasteiger partial charge >= 0.3 is 5.97 Å². The number of carboxylic acid groups (broad SMARTS) is 1. The van der Waals surface area contributed by atoms with E-state index in [1.165, 1.54) is 11.3 Å². The standard InChI is InChI=1S/C42H59N5O6S/c1-7-28(4)37(45-39(50)34-20-14-15-21-46(34)6)41(51)47(25-31-18-12-9-13-19-31)35(27(2)3)24-36(48)40-44-33(26-54-40)38(49)43-32(22-29(5)42(52)53)23-30-16-10-8-11-17-30/h8-13,16-19,26-29,32,34-37,48H,7,14-15,20-25H2,1-6H3,(H,43,49)(H,45,50)(H,52,53). The molecule has 11 nitrogen and oxygen atoms in total. The third-order valence-corrected chi connectivity index (χ3v) is 11.7. The van der Waals surface area contributed by atoms with Crippen molar-refractivity contribution >= 4 is 35.0 Å². The Balaban J connectivity index is 1.56. The molecule has 0 spiro atoms. The second kappa shape index (κ2) is 20.5. The van der Waals surface area contributed by atoms with Gasteiger partial charge < -0.3 is 25.7 Å². The van der Waals surface area contributed by atoms with Gasteiger partial charge in [0.05, 0.1) is 12.0 Å². The molecule has 2 aromatic carbocycles. The lowest BCUT2D eigenvalue weighted by Crippen LogP contribution is -2.58. The number of nitrogens with zero attached hydrogens (tertiary/aromatic N) is 3. The van der Waals surface area contributed by atoms with Crippen LogP contribution in [0.15, 0.2) is 66.0 Å². The highest BCUT2D eigenvalue weighted by atomic mass is 32.1. The molecule has 12 heteroatoms. The molecule has 0 aliphatic carbocycles. The maximum absolute atomic E-state index is 14.8. The summed E-state index contributed by atoms with van der Waals surface area (Å²) in [4.78, 5) is 62.0. The number of likely N-dealkylation sites (N-methyl/N-ethyl adjacent to an activating group) is 1. The number of aliphatic hydroxyl groups is 1. The van der Waals surface area contributed by atoms with E-state index in [-0.39, 0.29) is 48.2 Å². The number of carboxylic acids is 1. The van der Waals surface area contributed by atoms with Crippen LogP contribution in [0.3, 0.4) is 0 Å². The van der Waals surface area contributed by atoms with Gasteiger partial charge in [-0.3, -0.25) is 24.1 Å². The average molecular weight is 762 g/mol. The van der Waals surface area contributed by atoms with Crippen molar-refractivity contribution in [3.63, 3.8) is 0 Å². The first-order chi connectivity index (χ1) is 25.8. The third-order valence-electron chi connectivity index (χ3n) is 10.7. The van der Waals surface area contributed by atoms with Crippen LogP contribution in [0.25, 0.3) is 0 Å². The summed E-state index contributed by atoms with van der Waals surface area (Å²) < 4.78 is 0. The van der Waals surface area contributed by atoms with Crippen molar-refractivity contribution < 1.29 is 29.4 Å². The number of likely N-dealkylation sites (tertiary alicyclic amines) is 1. The van der Waals surface area contributed by atoms with Gasteiger partial charge in [-0.15, -0.1) is 11.3 Å². The normalized spacial score (nSPS) is 18.2. The predicted octanol–water partition coefficient (Wildman–Crippen LogP) is 6.09. The van der Waals surface area contributed by atoms with E-state index in [1.54, 1.807) is 12.3 Å². The highest BCUT2D eigenvalue weighted by Crippen LogP contribution is 2.30. The number of amides is 3. The zero-order valence-electron chi connectivity index (χ0n) is 32.6. The van der Waals surface area contributed by atoms with Gasteiger partial charge in [0.1, 0.15) is 22.8 Å². The summed E-state index contributed by atoms with van der Waals surface area (Å²) >= 11 is 1.17. The zero-order valence-corrected chi connectivity index (χ0v) is 33.4. The molecule has 54 heavy (non-hydrogen) atoms. The number of aliphatic hydroxyl groups excluding tert-OH is 1. The first kappa shape index (κ1) is 42.6. The Morgan fingerprint density at radius 2 is 1.59 bits per heavy atom. The molecule has 2 heterocycles. The van der Waals surface area contributed by atoms with Gasteiger partial charge in [0.25, 0.3) is 5.91 Å². The van der Waals surface area contributed by atoms with E-state index in [0.717, 1.165) is 36.9 Å². The van der Waals surface area contributed by atoms with Crippen molar-refractivity contribution in [3.8, 4) is 0 Å². The number of piperidine rings is 1. The molecule has 7 unspecified atom stereocenters. The summed E-state index contributed by atoms with van der Waals surface area (Å²) in [5, 5.41) is 29.3. The molecule has 0 saturated carbocycles. The van der Waals surface area contributed by atoms with Crippen LogP contribution in [0, 0.1) is 17.8 Å². The summed E-state index contributed by atoms with van der Waals surface area (Å²) in [6.07, 6.45) is 3.25. The van der Waals surface area contributed by atoms with Gasteiger partial charge in [0, 0.05) is 30.4 Å². The summed E-state index contributed by atoms with van der Waals surface area (Å²) in [6, 6.07) is 17.4. The number of nitrogens with one attached hydrogen (secondary N) is 2. The fourth-order valence-electron chi connectivity index (χ4n) is 7.17.